The van der Waals surface area contributed by atoms with Crippen LogP contribution in [0.4, 0.5) is 19.0 Å². The molecule has 1 saturated heterocycles. The molecule has 3 rings (SSSR count). The standard InChI is InChI=1S/C18H20F3N3O/c19-18(20,21)15-5-3-4-14(12-15)16(25)13-23-8-10-24(11-9-23)17-6-1-2-7-22-17/h1-7,12,16,25H,8-11,13H2. The number of pyridine rings is 1. The Morgan fingerprint density at radius 3 is 2.44 bits per heavy atom. The number of alkyl halides is 3. The lowest BCUT2D eigenvalue weighted by atomic mass is 10.0. The molecule has 2 heterocycles. The first-order valence-electron chi connectivity index (χ1n) is 8.17. The van der Waals surface area contributed by atoms with Gasteiger partial charge in [-0.15, -0.1) is 0 Å². The van der Waals surface area contributed by atoms with Crippen molar-refractivity contribution in [1.29, 1.82) is 0 Å². The largest absolute Gasteiger partial charge is 0.416 e. The molecule has 1 atom stereocenters. The van der Waals surface area contributed by atoms with E-state index >= 15 is 0 Å². The molecule has 0 bridgehead atoms. The number of aliphatic hydroxyl groups is 1. The summed E-state index contributed by atoms with van der Waals surface area (Å²) in [5.74, 6) is 0.917. The molecule has 0 radical (unpaired) electrons. The fraction of sp³-hybridized carbons (Fsp3) is 0.389. The van der Waals surface area contributed by atoms with Crippen LogP contribution in [0.15, 0.2) is 48.7 Å². The van der Waals surface area contributed by atoms with E-state index in [9.17, 15) is 18.3 Å². The van der Waals surface area contributed by atoms with Crippen LogP contribution in [-0.4, -0.2) is 47.7 Å². The normalized spacial score (nSPS) is 17.5. The summed E-state index contributed by atoms with van der Waals surface area (Å²) in [5.41, 5.74) is -0.439. The average Bonchev–Trinajstić information content (AvgIpc) is 2.62. The summed E-state index contributed by atoms with van der Waals surface area (Å²) in [6, 6.07) is 10.7. The summed E-state index contributed by atoms with van der Waals surface area (Å²) < 4.78 is 38.4. The lowest BCUT2D eigenvalue weighted by Crippen LogP contribution is -2.47. The van der Waals surface area contributed by atoms with Crippen molar-refractivity contribution in [1.82, 2.24) is 9.88 Å². The smallest absolute Gasteiger partial charge is 0.387 e. The number of hydrogen-bond donors (Lipinski definition) is 1. The second kappa shape index (κ2) is 7.41. The molecule has 2 aromatic rings. The van der Waals surface area contributed by atoms with Gasteiger partial charge < -0.3 is 10.0 Å². The first kappa shape index (κ1) is 17.7. The van der Waals surface area contributed by atoms with E-state index in [1.165, 1.54) is 12.1 Å². The molecule has 1 fully saturated rings. The molecular weight excluding hydrogens is 331 g/mol. The van der Waals surface area contributed by atoms with Gasteiger partial charge in [-0.3, -0.25) is 4.90 Å². The molecule has 0 aliphatic carbocycles. The third-order valence-corrected chi connectivity index (χ3v) is 4.38. The predicted molar refractivity (Wildman–Crippen MR) is 89.3 cm³/mol. The summed E-state index contributed by atoms with van der Waals surface area (Å²) >= 11 is 0. The Bertz CT molecular complexity index is 685. The fourth-order valence-corrected chi connectivity index (χ4v) is 2.97. The van der Waals surface area contributed by atoms with E-state index in [2.05, 4.69) is 14.8 Å². The Morgan fingerprint density at radius 2 is 1.80 bits per heavy atom. The molecule has 0 amide bonds. The van der Waals surface area contributed by atoms with Crippen molar-refractivity contribution in [3.05, 3.63) is 59.8 Å². The number of hydrogen-bond acceptors (Lipinski definition) is 4. The molecule has 134 valence electrons. The van der Waals surface area contributed by atoms with Crippen molar-refractivity contribution in [3.8, 4) is 0 Å². The first-order valence-corrected chi connectivity index (χ1v) is 8.17. The molecule has 1 unspecified atom stereocenters. The first-order chi connectivity index (χ1) is 11.9. The number of aliphatic hydroxyl groups excluding tert-OH is 1. The molecular formula is C18H20F3N3O. The summed E-state index contributed by atoms with van der Waals surface area (Å²) in [7, 11) is 0. The van der Waals surface area contributed by atoms with Gasteiger partial charge in [-0.25, -0.2) is 4.98 Å². The van der Waals surface area contributed by atoms with E-state index in [1.807, 2.05) is 18.2 Å². The molecule has 7 heteroatoms. The molecule has 0 spiro atoms. The van der Waals surface area contributed by atoms with Gasteiger partial charge in [-0.05, 0) is 29.8 Å². The van der Waals surface area contributed by atoms with Gasteiger partial charge in [0, 0.05) is 38.9 Å². The van der Waals surface area contributed by atoms with Gasteiger partial charge >= 0.3 is 6.18 Å². The van der Waals surface area contributed by atoms with Gasteiger partial charge in [0.15, 0.2) is 0 Å². The fourth-order valence-electron chi connectivity index (χ4n) is 2.97. The number of benzene rings is 1. The Balaban J connectivity index is 1.57. The van der Waals surface area contributed by atoms with E-state index < -0.39 is 17.8 Å². The van der Waals surface area contributed by atoms with Crippen molar-refractivity contribution in [3.63, 3.8) is 0 Å². The zero-order valence-electron chi connectivity index (χ0n) is 13.7. The van der Waals surface area contributed by atoms with Crippen molar-refractivity contribution < 1.29 is 18.3 Å². The topological polar surface area (TPSA) is 39.6 Å². The van der Waals surface area contributed by atoms with Crippen LogP contribution in [0.5, 0.6) is 0 Å². The lowest BCUT2D eigenvalue weighted by molar-refractivity contribution is -0.137. The molecule has 1 N–H and O–H groups in total. The quantitative estimate of drug-likeness (QED) is 0.919. The zero-order chi connectivity index (χ0) is 17.9. The number of rotatable bonds is 4. The predicted octanol–water partition coefficient (Wildman–Crippen LogP) is 2.96. The van der Waals surface area contributed by atoms with Crippen LogP contribution in [0.1, 0.15) is 17.2 Å². The molecule has 0 saturated carbocycles. The summed E-state index contributed by atoms with van der Waals surface area (Å²) in [6.07, 6.45) is -3.59. The van der Waals surface area contributed by atoms with E-state index in [0.717, 1.165) is 44.1 Å². The van der Waals surface area contributed by atoms with E-state index in [0.29, 0.717) is 12.1 Å². The minimum atomic E-state index is -4.40. The maximum Gasteiger partial charge on any atom is 0.416 e. The highest BCUT2D eigenvalue weighted by Gasteiger charge is 2.31. The molecule has 1 aliphatic heterocycles. The van der Waals surface area contributed by atoms with Gasteiger partial charge in [0.05, 0.1) is 11.7 Å². The zero-order valence-corrected chi connectivity index (χ0v) is 13.7. The Labute approximate surface area is 144 Å². The summed E-state index contributed by atoms with van der Waals surface area (Å²) in [6.45, 7) is 3.31. The third kappa shape index (κ3) is 4.49. The minimum Gasteiger partial charge on any atom is -0.387 e. The summed E-state index contributed by atoms with van der Waals surface area (Å²) in [5, 5.41) is 10.3. The highest BCUT2D eigenvalue weighted by atomic mass is 19.4. The Hall–Kier alpha value is -2.12. The SMILES string of the molecule is OC(CN1CCN(c2ccccn2)CC1)c1cccc(C(F)(F)F)c1. The van der Waals surface area contributed by atoms with Crippen LogP contribution in [-0.2, 0) is 6.18 Å². The summed E-state index contributed by atoms with van der Waals surface area (Å²) in [4.78, 5) is 8.54. The second-order valence-corrected chi connectivity index (χ2v) is 6.11. The highest BCUT2D eigenvalue weighted by Crippen LogP contribution is 2.31. The van der Waals surface area contributed by atoms with E-state index in [-0.39, 0.29) is 0 Å². The molecule has 4 nitrogen and oxygen atoms in total. The van der Waals surface area contributed by atoms with Crippen LogP contribution in [0.25, 0.3) is 0 Å². The third-order valence-electron chi connectivity index (χ3n) is 4.38. The number of halogens is 3. The molecule has 25 heavy (non-hydrogen) atoms. The number of β-amino-alcohol motifs (C(OH)–C–C–N with tert-alkyl or cyclic N) is 1. The van der Waals surface area contributed by atoms with Crippen molar-refractivity contribution in [2.24, 2.45) is 0 Å². The number of nitrogens with zero attached hydrogens (tertiary/aromatic N) is 3. The Morgan fingerprint density at radius 1 is 1.04 bits per heavy atom. The second-order valence-electron chi connectivity index (χ2n) is 6.11. The van der Waals surface area contributed by atoms with Crippen LogP contribution >= 0.6 is 0 Å². The minimum absolute atomic E-state index is 0.294. The van der Waals surface area contributed by atoms with Crippen LogP contribution in [0.3, 0.4) is 0 Å². The van der Waals surface area contributed by atoms with Crippen molar-refractivity contribution >= 4 is 5.82 Å². The highest BCUT2D eigenvalue weighted by molar-refractivity contribution is 5.38. The van der Waals surface area contributed by atoms with Gasteiger partial charge in [0.2, 0.25) is 0 Å². The van der Waals surface area contributed by atoms with E-state index in [1.54, 1.807) is 6.20 Å². The number of anilines is 1. The monoisotopic (exact) mass is 351 g/mol. The Kier molecular flexibility index (Phi) is 5.24. The maximum atomic E-state index is 12.8. The lowest BCUT2D eigenvalue weighted by Gasteiger charge is -2.36. The van der Waals surface area contributed by atoms with E-state index in [4.69, 9.17) is 0 Å². The molecule has 1 aliphatic rings. The van der Waals surface area contributed by atoms with Crippen molar-refractivity contribution in [2.75, 3.05) is 37.6 Å². The van der Waals surface area contributed by atoms with Crippen LogP contribution in [0, 0.1) is 0 Å². The molecule has 1 aromatic carbocycles. The number of aromatic nitrogens is 1. The van der Waals surface area contributed by atoms with Gasteiger partial charge in [0.1, 0.15) is 5.82 Å². The number of piperazine rings is 1. The van der Waals surface area contributed by atoms with Gasteiger partial charge in [0.25, 0.3) is 0 Å². The van der Waals surface area contributed by atoms with Gasteiger partial charge in [-0.2, -0.15) is 13.2 Å². The maximum absolute atomic E-state index is 12.8. The van der Waals surface area contributed by atoms with Crippen LogP contribution < -0.4 is 4.90 Å². The van der Waals surface area contributed by atoms with Crippen LogP contribution in [0.2, 0.25) is 0 Å². The van der Waals surface area contributed by atoms with Gasteiger partial charge in [-0.1, -0.05) is 18.2 Å². The average molecular weight is 351 g/mol. The van der Waals surface area contributed by atoms with Crippen molar-refractivity contribution in [2.45, 2.75) is 12.3 Å². The molecule has 1 aromatic heterocycles.